The van der Waals surface area contributed by atoms with E-state index in [9.17, 15) is 5.11 Å². The van der Waals surface area contributed by atoms with Gasteiger partial charge in [0.2, 0.25) is 5.91 Å². The van der Waals surface area contributed by atoms with Gasteiger partial charge in [-0.25, -0.2) is 0 Å². The second-order valence-electron chi connectivity index (χ2n) is 20.1. The van der Waals surface area contributed by atoms with Gasteiger partial charge in [0.25, 0.3) is 0 Å². The van der Waals surface area contributed by atoms with Crippen LogP contribution in [0, 0.1) is 62.1 Å². The second kappa shape index (κ2) is 11.4. The number of rotatable bonds is 5. The average Bonchev–Trinajstić information content (AvgIpc) is 3.67. The topological polar surface area (TPSA) is 56.3 Å². The van der Waals surface area contributed by atoms with E-state index in [0.29, 0.717) is 45.3 Å². The summed E-state index contributed by atoms with van der Waals surface area (Å²) in [6.45, 7) is 25.5. The van der Waals surface area contributed by atoms with Crippen molar-refractivity contribution in [2.45, 2.75) is 125 Å². The Labute approximate surface area is 287 Å². The van der Waals surface area contributed by atoms with Gasteiger partial charge in [0.05, 0.1) is 24.7 Å². The van der Waals surface area contributed by atoms with E-state index in [-0.39, 0.29) is 16.9 Å². The molecule has 8 fully saturated rings. The molecule has 6 nitrogen and oxygen atoms in total. The summed E-state index contributed by atoms with van der Waals surface area (Å²) in [5.74, 6) is 3.86. The van der Waals surface area contributed by atoms with Crippen molar-refractivity contribution in [3.05, 3.63) is 0 Å². The Balaban J connectivity index is 1.04. The number of aliphatic hydroxyl groups excluding tert-OH is 1. The van der Waals surface area contributed by atoms with Gasteiger partial charge >= 0.3 is 0 Å². The summed E-state index contributed by atoms with van der Waals surface area (Å²) in [6.07, 6.45) is 14.8. The Morgan fingerprint density at radius 3 is 2.02 bits per heavy atom. The summed E-state index contributed by atoms with van der Waals surface area (Å²) >= 11 is 0. The Kier molecular flexibility index (Phi) is 8.12. The molecule has 3 unspecified atom stereocenters. The first kappa shape index (κ1) is 33.5. The normalized spacial score (nSPS) is 49.4. The zero-order valence-electron chi connectivity index (χ0n) is 31.1. The molecule has 0 aromatic heterocycles. The van der Waals surface area contributed by atoms with Gasteiger partial charge in [-0.3, -0.25) is 14.6 Å². The number of hydrogen-bond acceptors (Lipinski definition) is 5. The Hall–Kier alpha value is -0.690. The molecule has 6 heteroatoms. The number of carbonyl (C=O) groups excluding carboxylic acids is 1. The molecule has 0 spiro atoms. The molecule has 10 atom stereocenters. The van der Waals surface area contributed by atoms with Crippen molar-refractivity contribution >= 4 is 5.91 Å². The molecule has 2 saturated heterocycles. The van der Waals surface area contributed by atoms with Crippen molar-refractivity contribution in [1.29, 1.82) is 0 Å². The van der Waals surface area contributed by atoms with Crippen LogP contribution < -0.4 is 0 Å². The van der Waals surface area contributed by atoms with Crippen LogP contribution in [0.25, 0.3) is 0 Å². The predicted octanol–water partition coefficient (Wildman–Crippen LogP) is 6.71. The van der Waals surface area contributed by atoms with Crippen molar-refractivity contribution in [3.63, 3.8) is 0 Å². The highest BCUT2D eigenvalue weighted by Crippen LogP contribution is 2.79. The number of fused-ring (bicyclic) bond motifs is 7. The Bertz CT molecular complexity index is 1200. The first-order chi connectivity index (χ1) is 22.3. The highest BCUT2D eigenvalue weighted by Gasteiger charge is 2.73. The SMILES string of the molecule is CC1([C@@H]2CC[C@]3(C(=O)N4CCN(CCN5CCOCC5)CC4)CC[C@]4(C)[C@H](CCC5[C@@]6(C)CC[C@H](O)C(C)(C)C6CC[C@]54C)C23)CC1. The maximum Gasteiger partial charge on any atom is 0.229 e. The van der Waals surface area contributed by atoms with Gasteiger partial charge in [0.1, 0.15) is 0 Å². The number of carbonyl (C=O) groups is 1. The molecule has 6 aliphatic carbocycles. The summed E-state index contributed by atoms with van der Waals surface area (Å²) in [5, 5.41) is 11.1. The molecule has 1 N–H and O–H groups in total. The lowest BCUT2D eigenvalue weighted by atomic mass is 9.32. The molecule has 2 aliphatic heterocycles. The standard InChI is InChI=1S/C41H69N3O3/c1-36(2)31-10-13-40(6)32(38(31,4)12-11-33(36)45)8-7-30-34-29(37(3)15-16-37)9-14-41(34,18-17-39(30,40)5)35(46)44-23-21-42(22-24-44)19-20-43-25-27-47-28-26-43/h29-34,45H,7-28H2,1-6H3/t29-,30-,31?,32?,33+,34?,38+,39-,40-,41+/m1/s1. The smallest absolute Gasteiger partial charge is 0.229 e. The van der Waals surface area contributed by atoms with E-state index in [4.69, 9.17) is 4.74 Å². The number of nitrogens with zero attached hydrogens (tertiary/aromatic N) is 3. The summed E-state index contributed by atoms with van der Waals surface area (Å²) < 4.78 is 5.56. The Morgan fingerprint density at radius 2 is 1.34 bits per heavy atom. The van der Waals surface area contributed by atoms with Crippen LogP contribution in [0.2, 0.25) is 0 Å². The molecule has 47 heavy (non-hydrogen) atoms. The van der Waals surface area contributed by atoms with Gasteiger partial charge in [-0.2, -0.15) is 0 Å². The minimum atomic E-state index is -0.164. The van der Waals surface area contributed by atoms with Crippen LogP contribution in [-0.2, 0) is 9.53 Å². The van der Waals surface area contributed by atoms with Crippen molar-refractivity contribution < 1.29 is 14.6 Å². The fraction of sp³-hybridized carbons (Fsp3) is 0.976. The fourth-order valence-electron chi connectivity index (χ4n) is 14.9. The van der Waals surface area contributed by atoms with Crippen molar-refractivity contribution in [3.8, 4) is 0 Å². The lowest BCUT2D eigenvalue weighted by Gasteiger charge is -2.73. The first-order valence-corrected chi connectivity index (χ1v) is 20.3. The zero-order chi connectivity index (χ0) is 33.0. The molecule has 8 rings (SSSR count). The third kappa shape index (κ3) is 4.85. The predicted molar refractivity (Wildman–Crippen MR) is 188 cm³/mol. The fourth-order valence-corrected chi connectivity index (χ4v) is 14.9. The van der Waals surface area contributed by atoms with E-state index in [0.717, 1.165) is 96.7 Å². The first-order valence-electron chi connectivity index (χ1n) is 20.3. The summed E-state index contributed by atoms with van der Waals surface area (Å²) in [7, 11) is 0. The molecule has 8 aliphatic rings. The maximum absolute atomic E-state index is 15.1. The van der Waals surface area contributed by atoms with E-state index < -0.39 is 0 Å². The number of hydrogen-bond donors (Lipinski definition) is 1. The second-order valence-corrected chi connectivity index (χ2v) is 20.1. The molecule has 0 aromatic rings. The number of ether oxygens (including phenoxy) is 1. The van der Waals surface area contributed by atoms with Crippen LogP contribution in [0.5, 0.6) is 0 Å². The zero-order valence-corrected chi connectivity index (χ0v) is 31.1. The van der Waals surface area contributed by atoms with E-state index >= 15 is 4.79 Å². The van der Waals surface area contributed by atoms with Gasteiger partial charge in [-0.15, -0.1) is 0 Å². The number of morpholine rings is 1. The molecular weight excluding hydrogens is 582 g/mol. The average molecular weight is 652 g/mol. The van der Waals surface area contributed by atoms with E-state index in [1.807, 2.05) is 0 Å². The van der Waals surface area contributed by atoms with Crippen molar-refractivity contribution in [2.75, 3.05) is 65.6 Å². The number of amides is 1. The Morgan fingerprint density at radius 1 is 0.660 bits per heavy atom. The maximum atomic E-state index is 15.1. The van der Waals surface area contributed by atoms with Crippen molar-refractivity contribution in [1.82, 2.24) is 14.7 Å². The molecule has 0 radical (unpaired) electrons. The largest absolute Gasteiger partial charge is 0.393 e. The van der Waals surface area contributed by atoms with Crippen LogP contribution in [0.1, 0.15) is 119 Å². The molecular formula is C41H69N3O3. The molecule has 0 aromatic carbocycles. The highest BCUT2D eigenvalue weighted by molar-refractivity contribution is 5.84. The minimum absolute atomic E-state index is 0.00383. The lowest BCUT2D eigenvalue weighted by Crippen LogP contribution is -2.67. The van der Waals surface area contributed by atoms with Gasteiger partial charge in [0, 0.05) is 52.4 Å². The van der Waals surface area contributed by atoms with E-state index in [1.54, 1.807) is 0 Å². The highest BCUT2D eigenvalue weighted by atomic mass is 16.5. The van der Waals surface area contributed by atoms with Gasteiger partial charge in [-0.1, -0.05) is 41.5 Å². The van der Waals surface area contributed by atoms with Crippen LogP contribution in [0.15, 0.2) is 0 Å². The minimum Gasteiger partial charge on any atom is -0.393 e. The van der Waals surface area contributed by atoms with E-state index in [2.05, 4.69) is 56.2 Å². The van der Waals surface area contributed by atoms with Crippen LogP contribution in [0.4, 0.5) is 0 Å². The summed E-state index contributed by atoms with van der Waals surface area (Å²) in [4.78, 5) is 22.6. The molecule has 6 saturated carbocycles. The van der Waals surface area contributed by atoms with Crippen LogP contribution >= 0.6 is 0 Å². The van der Waals surface area contributed by atoms with E-state index in [1.165, 1.54) is 57.8 Å². The monoisotopic (exact) mass is 652 g/mol. The van der Waals surface area contributed by atoms with Crippen LogP contribution in [-0.4, -0.2) is 97.4 Å². The molecule has 266 valence electrons. The van der Waals surface area contributed by atoms with Gasteiger partial charge in [-0.05, 0) is 134 Å². The molecule has 2 heterocycles. The van der Waals surface area contributed by atoms with Crippen LogP contribution in [0.3, 0.4) is 0 Å². The van der Waals surface area contributed by atoms with Crippen molar-refractivity contribution in [2.24, 2.45) is 62.1 Å². The lowest BCUT2D eigenvalue weighted by molar-refractivity contribution is -0.249. The molecule has 0 bridgehead atoms. The van der Waals surface area contributed by atoms with Gasteiger partial charge < -0.3 is 14.7 Å². The third-order valence-corrected chi connectivity index (χ3v) is 18.3. The summed E-state index contributed by atoms with van der Waals surface area (Å²) in [5.41, 5.74) is 1.27. The third-order valence-electron chi connectivity index (χ3n) is 18.3. The van der Waals surface area contributed by atoms with Gasteiger partial charge in [0.15, 0.2) is 0 Å². The number of piperazine rings is 1. The quantitative estimate of drug-likeness (QED) is 0.359. The summed E-state index contributed by atoms with van der Waals surface area (Å²) in [6, 6.07) is 0. The number of aliphatic hydroxyl groups is 1. The molecule has 1 amide bonds.